The van der Waals surface area contributed by atoms with E-state index in [0.29, 0.717) is 11.7 Å². The average Bonchev–Trinajstić information content (AvgIpc) is 2.75. The Morgan fingerprint density at radius 3 is 3.07 bits per heavy atom. The number of nitrogens with zero attached hydrogens (tertiary/aromatic N) is 1. The highest BCUT2D eigenvalue weighted by Gasteiger charge is 2.27. The lowest BCUT2D eigenvalue weighted by atomic mass is 10.3. The van der Waals surface area contributed by atoms with Crippen molar-refractivity contribution < 1.29 is 9.59 Å². The highest BCUT2D eigenvalue weighted by Crippen LogP contribution is 2.16. The maximum atomic E-state index is 11.6. The Balaban J connectivity index is 1.95. The van der Waals surface area contributed by atoms with Gasteiger partial charge in [0.05, 0.1) is 0 Å². The minimum Gasteiger partial charge on any atom is -0.336 e. The van der Waals surface area contributed by atoms with Gasteiger partial charge in [0.1, 0.15) is 6.04 Å². The first-order valence-corrected chi connectivity index (χ1v) is 5.24. The summed E-state index contributed by atoms with van der Waals surface area (Å²) in [5.41, 5.74) is 0. The van der Waals surface area contributed by atoms with E-state index in [1.165, 1.54) is 11.3 Å². The minimum absolute atomic E-state index is 0.247. The van der Waals surface area contributed by atoms with Crippen LogP contribution in [0.25, 0.3) is 0 Å². The molecule has 0 spiro atoms. The molecular weight excluding hydrogens is 216 g/mol. The Morgan fingerprint density at radius 1 is 1.73 bits per heavy atom. The van der Waals surface area contributed by atoms with E-state index in [-0.39, 0.29) is 11.9 Å². The number of carbonyl (C=O) groups excluding carboxylic acids is 2. The predicted molar refractivity (Wildman–Crippen MR) is 55.8 cm³/mol. The number of aromatic nitrogens is 1. The van der Waals surface area contributed by atoms with Gasteiger partial charge in [-0.1, -0.05) is 0 Å². The summed E-state index contributed by atoms with van der Waals surface area (Å²) in [4.78, 5) is 27.4. The number of nitrogens with one attached hydrogen (secondary N) is 3. The largest absolute Gasteiger partial charge is 0.336 e. The zero-order valence-corrected chi connectivity index (χ0v) is 8.85. The molecule has 2 rings (SSSR count). The summed E-state index contributed by atoms with van der Waals surface area (Å²) in [6.45, 7) is 2.22. The van der Waals surface area contributed by atoms with Gasteiger partial charge >= 0.3 is 6.03 Å². The molecule has 0 saturated carbocycles. The van der Waals surface area contributed by atoms with Crippen molar-refractivity contribution >= 4 is 28.4 Å². The van der Waals surface area contributed by atoms with Crippen molar-refractivity contribution in [3.63, 3.8) is 0 Å². The summed E-state index contributed by atoms with van der Waals surface area (Å²) in [5, 5.41) is 8.20. The van der Waals surface area contributed by atoms with Gasteiger partial charge in [0.2, 0.25) is 0 Å². The Labute approximate surface area is 90.1 Å². The molecule has 0 aromatic carbocycles. The Kier molecular flexibility index (Phi) is 2.55. The second-order valence-electron chi connectivity index (χ2n) is 3.17. The summed E-state index contributed by atoms with van der Waals surface area (Å²) in [6, 6.07) is -0.827. The molecule has 0 bridgehead atoms. The van der Waals surface area contributed by atoms with Crippen molar-refractivity contribution in [1.29, 1.82) is 0 Å². The Morgan fingerprint density at radius 2 is 2.53 bits per heavy atom. The normalized spacial score (nSPS) is 19.5. The van der Waals surface area contributed by atoms with Crippen LogP contribution in [0.4, 0.5) is 9.93 Å². The van der Waals surface area contributed by atoms with Crippen molar-refractivity contribution in [2.45, 2.75) is 13.0 Å². The van der Waals surface area contributed by atoms with Crippen LogP contribution in [0.3, 0.4) is 0 Å². The molecule has 80 valence electrons. The van der Waals surface area contributed by atoms with E-state index in [2.05, 4.69) is 20.9 Å². The first-order chi connectivity index (χ1) is 7.15. The van der Waals surface area contributed by atoms with E-state index in [1.54, 1.807) is 6.20 Å². The molecule has 1 aromatic heterocycles. The lowest BCUT2D eigenvalue weighted by Gasteiger charge is -2.06. The number of hydrogen-bond donors (Lipinski definition) is 3. The molecule has 7 heteroatoms. The second-order valence-corrected chi connectivity index (χ2v) is 4.41. The molecule has 1 aromatic rings. The van der Waals surface area contributed by atoms with Crippen molar-refractivity contribution in [1.82, 2.24) is 15.6 Å². The molecule has 15 heavy (non-hydrogen) atoms. The van der Waals surface area contributed by atoms with E-state index in [9.17, 15) is 9.59 Å². The monoisotopic (exact) mass is 226 g/mol. The number of anilines is 1. The van der Waals surface area contributed by atoms with E-state index in [4.69, 9.17) is 0 Å². The average molecular weight is 226 g/mol. The van der Waals surface area contributed by atoms with Crippen LogP contribution < -0.4 is 16.0 Å². The Bertz CT molecular complexity index is 403. The van der Waals surface area contributed by atoms with E-state index >= 15 is 0 Å². The van der Waals surface area contributed by atoms with Gasteiger partial charge in [-0.15, -0.1) is 11.3 Å². The quantitative estimate of drug-likeness (QED) is 0.667. The van der Waals surface area contributed by atoms with Gasteiger partial charge in [0.25, 0.3) is 5.91 Å². The van der Waals surface area contributed by atoms with Gasteiger partial charge in [-0.2, -0.15) is 0 Å². The zero-order chi connectivity index (χ0) is 10.8. The Hall–Kier alpha value is -1.63. The van der Waals surface area contributed by atoms with Crippen molar-refractivity contribution in [3.8, 4) is 0 Å². The van der Waals surface area contributed by atoms with Crippen molar-refractivity contribution in [2.24, 2.45) is 0 Å². The van der Waals surface area contributed by atoms with Gasteiger partial charge in [-0.05, 0) is 6.92 Å². The van der Waals surface area contributed by atoms with E-state index < -0.39 is 6.04 Å². The first kappa shape index (κ1) is 9.91. The van der Waals surface area contributed by atoms with E-state index in [0.717, 1.165) is 4.88 Å². The molecule has 1 saturated heterocycles. The molecule has 6 nitrogen and oxygen atoms in total. The molecule has 3 N–H and O–H groups in total. The van der Waals surface area contributed by atoms with Crippen LogP contribution in [0.15, 0.2) is 6.20 Å². The number of rotatable bonds is 2. The van der Waals surface area contributed by atoms with Crippen LogP contribution in [0.1, 0.15) is 4.88 Å². The van der Waals surface area contributed by atoms with Crippen LogP contribution in [0.2, 0.25) is 0 Å². The van der Waals surface area contributed by atoms with Crippen LogP contribution in [0.5, 0.6) is 0 Å². The maximum Gasteiger partial charge on any atom is 0.315 e. The molecule has 1 aliphatic heterocycles. The maximum absolute atomic E-state index is 11.6. The molecule has 2 heterocycles. The fourth-order valence-corrected chi connectivity index (χ4v) is 1.89. The summed E-state index contributed by atoms with van der Waals surface area (Å²) < 4.78 is 0. The van der Waals surface area contributed by atoms with Crippen LogP contribution in [0, 0.1) is 6.92 Å². The molecule has 1 aliphatic rings. The molecule has 0 unspecified atom stereocenters. The van der Waals surface area contributed by atoms with Gasteiger partial charge in [0, 0.05) is 17.6 Å². The lowest BCUT2D eigenvalue weighted by Crippen LogP contribution is -2.38. The molecule has 1 fully saturated rings. The SMILES string of the molecule is Cc1cnc(NC(=O)[C@@H]2CNC(=O)N2)s1. The van der Waals surface area contributed by atoms with Crippen LogP contribution >= 0.6 is 11.3 Å². The third-order valence-corrected chi connectivity index (χ3v) is 2.77. The molecule has 1 atom stereocenters. The van der Waals surface area contributed by atoms with Gasteiger partial charge in [-0.3, -0.25) is 4.79 Å². The molecule has 3 amide bonds. The summed E-state index contributed by atoms with van der Waals surface area (Å²) in [7, 11) is 0. The smallest absolute Gasteiger partial charge is 0.315 e. The summed E-state index contributed by atoms with van der Waals surface area (Å²) >= 11 is 1.40. The van der Waals surface area contributed by atoms with Crippen molar-refractivity contribution in [3.05, 3.63) is 11.1 Å². The van der Waals surface area contributed by atoms with Crippen LogP contribution in [-0.4, -0.2) is 29.5 Å². The number of amides is 3. The fourth-order valence-electron chi connectivity index (χ4n) is 1.22. The highest BCUT2D eigenvalue weighted by molar-refractivity contribution is 7.15. The van der Waals surface area contributed by atoms with Crippen LogP contribution in [-0.2, 0) is 4.79 Å². The number of urea groups is 1. The zero-order valence-electron chi connectivity index (χ0n) is 8.03. The first-order valence-electron chi connectivity index (χ1n) is 4.43. The number of aryl methyl sites for hydroxylation is 1. The minimum atomic E-state index is -0.512. The molecule has 0 radical (unpaired) electrons. The standard InChI is InChI=1S/C8H10N4O2S/c1-4-2-10-8(15-4)12-6(13)5-3-9-7(14)11-5/h2,5H,3H2,1H3,(H2,9,11,14)(H,10,12,13)/t5-/m0/s1. The highest BCUT2D eigenvalue weighted by atomic mass is 32.1. The van der Waals surface area contributed by atoms with Gasteiger partial charge in [0.15, 0.2) is 5.13 Å². The third-order valence-electron chi connectivity index (χ3n) is 1.94. The summed E-state index contributed by atoms with van der Waals surface area (Å²) in [6.07, 6.45) is 1.69. The molecule has 0 aliphatic carbocycles. The van der Waals surface area contributed by atoms with Gasteiger partial charge < -0.3 is 16.0 Å². The third kappa shape index (κ3) is 2.24. The predicted octanol–water partition coefficient (Wildman–Crippen LogP) is 0.0714. The topological polar surface area (TPSA) is 83.1 Å². The van der Waals surface area contributed by atoms with Crippen molar-refractivity contribution in [2.75, 3.05) is 11.9 Å². The number of thiazole rings is 1. The number of carbonyl (C=O) groups is 2. The lowest BCUT2D eigenvalue weighted by molar-refractivity contribution is -0.117. The second kappa shape index (κ2) is 3.85. The fraction of sp³-hybridized carbons (Fsp3) is 0.375. The summed E-state index contributed by atoms with van der Waals surface area (Å²) in [5.74, 6) is -0.247. The number of hydrogen-bond acceptors (Lipinski definition) is 4. The van der Waals surface area contributed by atoms with E-state index in [1.807, 2.05) is 6.92 Å². The molecular formula is C8H10N4O2S. The van der Waals surface area contributed by atoms with Gasteiger partial charge in [-0.25, -0.2) is 9.78 Å².